The summed E-state index contributed by atoms with van der Waals surface area (Å²) in [5, 5.41) is 2.83. The van der Waals surface area contributed by atoms with Gasteiger partial charge in [-0.3, -0.25) is 0 Å². The number of urea groups is 1. The van der Waals surface area contributed by atoms with Crippen LogP contribution in [0.2, 0.25) is 0 Å². The molecular formula is C15H30N2O3S. The quantitative estimate of drug-likeness (QED) is 0.818. The summed E-state index contributed by atoms with van der Waals surface area (Å²) in [7, 11) is -3.07. The van der Waals surface area contributed by atoms with Crippen LogP contribution in [0.15, 0.2) is 0 Å². The first-order valence-corrected chi connectivity index (χ1v) is 10.00. The van der Waals surface area contributed by atoms with Crippen LogP contribution in [0.4, 0.5) is 4.79 Å². The minimum absolute atomic E-state index is 0.0107. The van der Waals surface area contributed by atoms with Gasteiger partial charge in [0.2, 0.25) is 0 Å². The smallest absolute Gasteiger partial charge is 0.317 e. The number of piperidine rings is 1. The minimum Gasteiger partial charge on any atom is -0.335 e. The summed E-state index contributed by atoms with van der Waals surface area (Å²) >= 11 is 0. The molecule has 0 radical (unpaired) electrons. The molecule has 0 aliphatic carbocycles. The van der Waals surface area contributed by atoms with Gasteiger partial charge in [-0.15, -0.1) is 0 Å². The Labute approximate surface area is 129 Å². The van der Waals surface area contributed by atoms with Crippen molar-refractivity contribution in [3.05, 3.63) is 0 Å². The van der Waals surface area contributed by atoms with Crippen molar-refractivity contribution in [1.29, 1.82) is 0 Å². The molecule has 1 fully saturated rings. The summed E-state index contributed by atoms with van der Waals surface area (Å²) in [6.45, 7) is 6.91. The highest BCUT2D eigenvalue weighted by Gasteiger charge is 2.27. The Balaban J connectivity index is 2.56. The Kier molecular flexibility index (Phi) is 6.97. The van der Waals surface area contributed by atoms with Crippen molar-refractivity contribution in [2.24, 2.45) is 5.92 Å². The molecule has 1 N–H and O–H groups in total. The van der Waals surface area contributed by atoms with E-state index in [-0.39, 0.29) is 17.8 Å². The Morgan fingerprint density at radius 2 is 1.95 bits per heavy atom. The Bertz CT molecular complexity index is 434. The predicted octanol–water partition coefficient (Wildman–Crippen LogP) is 2.42. The van der Waals surface area contributed by atoms with E-state index in [4.69, 9.17) is 0 Å². The first kappa shape index (κ1) is 18.3. The van der Waals surface area contributed by atoms with E-state index in [0.717, 1.165) is 32.2 Å². The lowest BCUT2D eigenvalue weighted by Gasteiger charge is -2.36. The Morgan fingerprint density at radius 3 is 2.52 bits per heavy atom. The number of rotatable bonds is 6. The average molecular weight is 318 g/mol. The number of likely N-dealkylation sites (tertiary alicyclic amines) is 1. The number of nitrogens with one attached hydrogen (secondary N) is 1. The van der Waals surface area contributed by atoms with Crippen molar-refractivity contribution in [3.63, 3.8) is 0 Å². The van der Waals surface area contributed by atoms with Crippen molar-refractivity contribution in [2.75, 3.05) is 18.6 Å². The lowest BCUT2D eigenvalue weighted by molar-refractivity contribution is 0.141. The van der Waals surface area contributed by atoms with Gasteiger partial charge in [0.25, 0.3) is 0 Å². The van der Waals surface area contributed by atoms with Crippen LogP contribution >= 0.6 is 0 Å². The summed E-state index contributed by atoms with van der Waals surface area (Å²) in [6, 6.07) is -0.161. The third kappa shape index (κ3) is 7.16. The third-order valence-corrected chi connectivity index (χ3v) is 4.99. The van der Waals surface area contributed by atoms with Gasteiger partial charge < -0.3 is 10.2 Å². The maximum atomic E-state index is 12.4. The fourth-order valence-corrected chi connectivity index (χ4v) is 3.87. The molecule has 1 heterocycles. The monoisotopic (exact) mass is 318 g/mol. The second-order valence-electron chi connectivity index (χ2n) is 6.76. The molecule has 2 amide bonds. The molecule has 5 nitrogen and oxygen atoms in total. The number of nitrogens with zero attached hydrogens (tertiary/aromatic N) is 1. The standard InChI is InChI=1S/C15H30N2O3S/c1-12(2)8-9-14-7-5-6-10-17(14)15(18)16-13(3)11-21(4,19)20/h12-14H,5-11H2,1-4H3,(H,16,18)/t13-,14-/m1/s1. The number of carbonyl (C=O) groups is 1. The molecule has 6 heteroatoms. The molecular weight excluding hydrogens is 288 g/mol. The number of carbonyl (C=O) groups excluding carboxylic acids is 1. The normalized spacial score (nSPS) is 21.4. The van der Waals surface area contributed by atoms with Crippen molar-refractivity contribution in [2.45, 2.75) is 65.0 Å². The fraction of sp³-hybridized carbons (Fsp3) is 0.933. The van der Waals surface area contributed by atoms with Gasteiger partial charge in [-0.2, -0.15) is 0 Å². The summed E-state index contributed by atoms with van der Waals surface area (Å²) in [4.78, 5) is 14.3. The molecule has 1 aliphatic heterocycles. The molecule has 0 aromatic carbocycles. The van der Waals surface area contributed by atoms with Crippen LogP contribution in [-0.4, -0.2) is 50.0 Å². The van der Waals surface area contributed by atoms with Gasteiger partial charge in [-0.05, 0) is 44.9 Å². The predicted molar refractivity (Wildman–Crippen MR) is 86.1 cm³/mol. The van der Waals surface area contributed by atoms with Gasteiger partial charge in [0.1, 0.15) is 9.84 Å². The number of hydrogen-bond donors (Lipinski definition) is 1. The zero-order chi connectivity index (χ0) is 16.0. The molecule has 0 aromatic heterocycles. The zero-order valence-corrected chi connectivity index (χ0v) is 14.6. The van der Waals surface area contributed by atoms with E-state index in [1.165, 1.54) is 12.7 Å². The lowest BCUT2D eigenvalue weighted by atomic mass is 9.95. The lowest BCUT2D eigenvalue weighted by Crippen LogP contribution is -2.51. The first-order chi connectivity index (χ1) is 9.69. The third-order valence-electron chi connectivity index (χ3n) is 3.89. The van der Waals surface area contributed by atoms with Crippen molar-refractivity contribution in [1.82, 2.24) is 10.2 Å². The molecule has 0 unspecified atom stereocenters. The zero-order valence-electron chi connectivity index (χ0n) is 13.8. The minimum atomic E-state index is -3.07. The molecule has 124 valence electrons. The van der Waals surface area contributed by atoms with Gasteiger partial charge >= 0.3 is 6.03 Å². The van der Waals surface area contributed by atoms with Crippen LogP contribution in [-0.2, 0) is 9.84 Å². The van der Waals surface area contributed by atoms with Gasteiger partial charge in [0, 0.05) is 24.9 Å². The summed E-state index contributed by atoms with van der Waals surface area (Å²) in [5.41, 5.74) is 0. The van der Waals surface area contributed by atoms with Crippen LogP contribution < -0.4 is 5.32 Å². The van der Waals surface area contributed by atoms with Gasteiger partial charge in [-0.1, -0.05) is 13.8 Å². The maximum absolute atomic E-state index is 12.4. The van der Waals surface area contributed by atoms with Crippen molar-refractivity contribution >= 4 is 15.9 Å². The highest BCUT2D eigenvalue weighted by atomic mass is 32.2. The molecule has 1 saturated heterocycles. The van der Waals surface area contributed by atoms with Crippen LogP contribution in [0.5, 0.6) is 0 Å². The molecule has 21 heavy (non-hydrogen) atoms. The molecule has 1 rings (SSSR count). The van der Waals surface area contributed by atoms with Crippen LogP contribution in [0.25, 0.3) is 0 Å². The van der Waals surface area contributed by atoms with E-state index in [9.17, 15) is 13.2 Å². The number of sulfone groups is 1. The van der Waals surface area contributed by atoms with E-state index < -0.39 is 9.84 Å². The number of amides is 2. The Morgan fingerprint density at radius 1 is 1.29 bits per heavy atom. The maximum Gasteiger partial charge on any atom is 0.317 e. The molecule has 0 saturated carbocycles. The highest BCUT2D eigenvalue weighted by molar-refractivity contribution is 7.90. The molecule has 0 aromatic rings. The van der Waals surface area contributed by atoms with Gasteiger partial charge in [0.05, 0.1) is 5.75 Å². The van der Waals surface area contributed by atoms with Gasteiger partial charge in [0.15, 0.2) is 0 Å². The average Bonchev–Trinajstić information content (AvgIpc) is 2.34. The van der Waals surface area contributed by atoms with Crippen molar-refractivity contribution in [3.8, 4) is 0 Å². The largest absolute Gasteiger partial charge is 0.335 e. The second kappa shape index (κ2) is 8.01. The first-order valence-electron chi connectivity index (χ1n) is 7.94. The van der Waals surface area contributed by atoms with Crippen LogP contribution in [0.1, 0.15) is 52.9 Å². The topological polar surface area (TPSA) is 66.5 Å². The summed E-state index contributed by atoms with van der Waals surface area (Å²) < 4.78 is 22.6. The molecule has 1 aliphatic rings. The molecule has 2 atom stereocenters. The second-order valence-corrected chi connectivity index (χ2v) is 8.94. The van der Waals surface area contributed by atoms with Crippen LogP contribution in [0.3, 0.4) is 0 Å². The SMILES string of the molecule is CC(C)CC[C@H]1CCCCN1C(=O)N[C@H](C)CS(C)(=O)=O. The van der Waals surface area contributed by atoms with E-state index >= 15 is 0 Å². The van der Waals surface area contributed by atoms with Crippen LogP contribution in [0, 0.1) is 5.92 Å². The highest BCUT2D eigenvalue weighted by Crippen LogP contribution is 2.22. The fourth-order valence-electron chi connectivity index (χ4n) is 2.88. The Hall–Kier alpha value is -0.780. The van der Waals surface area contributed by atoms with E-state index in [2.05, 4.69) is 19.2 Å². The molecule has 0 bridgehead atoms. The summed E-state index contributed by atoms with van der Waals surface area (Å²) in [6.07, 6.45) is 6.61. The van der Waals surface area contributed by atoms with E-state index in [0.29, 0.717) is 12.0 Å². The van der Waals surface area contributed by atoms with E-state index in [1.807, 2.05) is 4.90 Å². The van der Waals surface area contributed by atoms with Crippen molar-refractivity contribution < 1.29 is 13.2 Å². The molecule has 0 spiro atoms. The number of hydrogen-bond acceptors (Lipinski definition) is 3. The summed E-state index contributed by atoms with van der Waals surface area (Å²) in [5.74, 6) is 0.629. The van der Waals surface area contributed by atoms with E-state index in [1.54, 1.807) is 6.92 Å². The van der Waals surface area contributed by atoms with Gasteiger partial charge in [-0.25, -0.2) is 13.2 Å².